The molecule has 0 aliphatic heterocycles. The van der Waals surface area contributed by atoms with Crippen molar-refractivity contribution < 1.29 is 4.79 Å². The maximum Gasteiger partial charge on any atom is 0.240 e. The Morgan fingerprint density at radius 2 is 1.94 bits per heavy atom. The first-order valence-electron chi connectivity index (χ1n) is 6.75. The molecule has 1 aliphatic rings. The van der Waals surface area contributed by atoms with Crippen molar-refractivity contribution in [2.75, 3.05) is 0 Å². The van der Waals surface area contributed by atoms with Gasteiger partial charge in [0.15, 0.2) is 0 Å². The number of hydrogen-bond donors (Lipinski definition) is 2. The van der Waals surface area contributed by atoms with E-state index in [0.29, 0.717) is 18.8 Å². The van der Waals surface area contributed by atoms with Gasteiger partial charge in [-0.15, -0.1) is 0 Å². The van der Waals surface area contributed by atoms with Crippen LogP contribution in [0.4, 0.5) is 0 Å². The molecule has 3 heteroatoms. The van der Waals surface area contributed by atoms with Gasteiger partial charge in [-0.3, -0.25) is 4.79 Å². The number of amides is 1. The molecule has 2 rings (SSSR count). The summed E-state index contributed by atoms with van der Waals surface area (Å²) in [4.78, 5) is 12.1. The highest BCUT2D eigenvalue weighted by atomic mass is 16.2. The number of carbonyl (C=O) groups excluding carboxylic acids is 1. The predicted molar refractivity (Wildman–Crippen MR) is 73.2 cm³/mol. The minimum absolute atomic E-state index is 0.00377. The van der Waals surface area contributed by atoms with Crippen LogP contribution >= 0.6 is 0 Å². The molecule has 0 bridgehead atoms. The summed E-state index contributed by atoms with van der Waals surface area (Å²) >= 11 is 0. The quantitative estimate of drug-likeness (QED) is 0.836. The SMILES string of the molecule is CCC(N)(CC)C(=O)NC1CC1c1ccccc1. The molecule has 2 unspecified atom stereocenters. The Kier molecular flexibility index (Phi) is 3.71. The van der Waals surface area contributed by atoms with E-state index in [4.69, 9.17) is 5.73 Å². The molecule has 1 aromatic rings. The van der Waals surface area contributed by atoms with Gasteiger partial charge in [0.05, 0.1) is 5.54 Å². The molecule has 1 amide bonds. The fraction of sp³-hybridized carbons (Fsp3) is 0.533. The summed E-state index contributed by atoms with van der Waals surface area (Å²) in [6.45, 7) is 3.93. The van der Waals surface area contributed by atoms with Crippen molar-refractivity contribution in [3.8, 4) is 0 Å². The van der Waals surface area contributed by atoms with Gasteiger partial charge in [-0.2, -0.15) is 0 Å². The summed E-state index contributed by atoms with van der Waals surface area (Å²) in [5.74, 6) is 0.462. The van der Waals surface area contributed by atoms with Crippen molar-refractivity contribution in [1.29, 1.82) is 0 Å². The minimum atomic E-state index is -0.705. The van der Waals surface area contributed by atoms with Crippen LogP contribution in [0.3, 0.4) is 0 Å². The molecule has 0 radical (unpaired) electrons. The van der Waals surface area contributed by atoms with E-state index >= 15 is 0 Å². The number of benzene rings is 1. The molecule has 18 heavy (non-hydrogen) atoms. The van der Waals surface area contributed by atoms with Crippen LogP contribution in [0, 0.1) is 0 Å². The van der Waals surface area contributed by atoms with Gasteiger partial charge in [-0.1, -0.05) is 44.2 Å². The van der Waals surface area contributed by atoms with E-state index < -0.39 is 5.54 Å². The number of hydrogen-bond acceptors (Lipinski definition) is 2. The summed E-state index contributed by atoms with van der Waals surface area (Å²) < 4.78 is 0. The largest absolute Gasteiger partial charge is 0.351 e. The van der Waals surface area contributed by atoms with Crippen LogP contribution in [-0.4, -0.2) is 17.5 Å². The van der Waals surface area contributed by atoms with Crippen LogP contribution in [-0.2, 0) is 4.79 Å². The Balaban J connectivity index is 1.92. The van der Waals surface area contributed by atoms with Gasteiger partial charge in [0.2, 0.25) is 5.91 Å². The van der Waals surface area contributed by atoms with Gasteiger partial charge in [0.25, 0.3) is 0 Å². The highest BCUT2D eigenvalue weighted by Crippen LogP contribution is 2.40. The number of rotatable bonds is 5. The molecule has 98 valence electrons. The standard InChI is InChI=1S/C15H22N2O/c1-3-15(16,4-2)14(18)17-13-10-12(13)11-8-6-5-7-9-11/h5-9,12-13H,3-4,10,16H2,1-2H3,(H,17,18). The Morgan fingerprint density at radius 3 is 2.50 bits per heavy atom. The van der Waals surface area contributed by atoms with E-state index in [1.165, 1.54) is 5.56 Å². The van der Waals surface area contributed by atoms with Crippen molar-refractivity contribution in [3.05, 3.63) is 35.9 Å². The summed E-state index contributed by atoms with van der Waals surface area (Å²) in [5, 5.41) is 3.08. The number of nitrogens with one attached hydrogen (secondary N) is 1. The monoisotopic (exact) mass is 246 g/mol. The van der Waals surface area contributed by atoms with Crippen molar-refractivity contribution in [1.82, 2.24) is 5.32 Å². The Bertz CT molecular complexity index is 412. The van der Waals surface area contributed by atoms with Crippen LogP contribution in [0.5, 0.6) is 0 Å². The molecule has 0 saturated heterocycles. The fourth-order valence-electron chi connectivity index (χ4n) is 2.31. The second kappa shape index (κ2) is 5.11. The van der Waals surface area contributed by atoms with Gasteiger partial charge < -0.3 is 11.1 Å². The van der Waals surface area contributed by atoms with E-state index in [2.05, 4.69) is 17.4 Å². The van der Waals surface area contributed by atoms with Gasteiger partial charge >= 0.3 is 0 Å². The summed E-state index contributed by atoms with van der Waals surface area (Å²) in [7, 11) is 0. The van der Waals surface area contributed by atoms with Crippen molar-refractivity contribution >= 4 is 5.91 Å². The molecule has 0 spiro atoms. The van der Waals surface area contributed by atoms with Crippen molar-refractivity contribution in [2.24, 2.45) is 5.73 Å². The summed E-state index contributed by atoms with van der Waals surface area (Å²) in [5.41, 5.74) is 6.69. The topological polar surface area (TPSA) is 55.1 Å². The average Bonchev–Trinajstić information content (AvgIpc) is 3.18. The lowest BCUT2D eigenvalue weighted by Crippen LogP contribution is -2.53. The van der Waals surface area contributed by atoms with Crippen LogP contribution in [0.25, 0.3) is 0 Å². The molecule has 1 aliphatic carbocycles. The molecular formula is C15H22N2O. The third kappa shape index (κ3) is 2.56. The fourth-order valence-corrected chi connectivity index (χ4v) is 2.31. The molecule has 3 N–H and O–H groups in total. The first-order chi connectivity index (χ1) is 8.60. The maximum atomic E-state index is 12.1. The van der Waals surface area contributed by atoms with Gasteiger partial charge in [-0.05, 0) is 24.8 Å². The van der Waals surface area contributed by atoms with Crippen LogP contribution in [0.2, 0.25) is 0 Å². The average molecular weight is 246 g/mol. The molecule has 0 aromatic heterocycles. The third-order valence-corrected chi connectivity index (χ3v) is 4.05. The second-order valence-electron chi connectivity index (χ2n) is 5.20. The number of nitrogens with two attached hydrogens (primary N) is 1. The molecule has 0 heterocycles. The molecule has 2 atom stereocenters. The normalized spacial score (nSPS) is 22.6. The molecule has 3 nitrogen and oxygen atoms in total. The van der Waals surface area contributed by atoms with Crippen molar-refractivity contribution in [3.63, 3.8) is 0 Å². The molecular weight excluding hydrogens is 224 g/mol. The summed E-state index contributed by atoms with van der Waals surface area (Å²) in [6.07, 6.45) is 2.38. The van der Waals surface area contributed by atoms with E-state index in [-0.39, 0.29) is 11.9 Å². The molecule has 1 fully saturated rings. The molecule has 1 saturated carbocycles. The number of carbonyl (C=O) groups is 1. The van der Waals surface area contributed by atoms with Crippen LogP contribution in [0.1, 0.15) is 44.6 Å². The lowest BCUT2D eigenvalue weighted by Gasteiger charge is -2.25. The van der Waals surface area contributed by atoms with Gasteiger partial charge in [0, 0.05) is 12.0 Å². The highest BCUT2D eigenvalue weighted by molar-refractivity contribution is 5.86. The first kappa shape index (κ1) is 13.1. The zero-order valence-electron chi connectivity index (χ0n) is 11.1. The highest BCUT2D eigenvalue weighted by Gasteiger charge is 2.42. The van der Waals surface area contributed by atoms with Crippen LogP contribution < -0.4 is 11.1 Å². The minimum Gasteiger partial charge on any atom is -0.351 e. The predicted octanol–water partition coefficient (Wildman–Crippen LogP) is 2.18. The first-order valence-corrected chi connectivity index (χ1v) is 6.75. The van der Waals surface area contributed by atoms with E-state index in [9.17, 15) is 4.79 Å². The zero-order valence-corrected chi connectivity index (χ0v) is 11.1. The maximum absolute atomic E-state index is 12.1. The summed E-state index contributed by atoms with van der Waals surface area (Å²) in [6, 6.07) is 10.6. The van der Waals surface area contributed by atoms with Gasteiger partial charge in [0.1, 0.15) is 0 Å². The van der Waals surface area contributed by atoms with Crippen molar-refractivity contribution in [2.45, 2.75) is 50.6 Å². The third-order valence-electron chi connectivity index (χ3n) is 4.05. The second-order valence-corrected chi connectivity index (χ2v) is 5.20. The lowest BCUT2D eigenvalue weighted by molar-refractivity contribution is -0.126. The Morgan fingerprint density at radius 1 is 1.33 bits per heavy atom. The van der Waals surface area contributed by atoms with E-state index in [0.717, 1.165) is 6.42 Å². The van der Waals surface area contributed by atoms with Crippen LogP contribution in [0.15, 0.2) is 30.3 Å². The smallest absolute Gasteiger partial charge is 0.240 e. The zero-order chi connectivity index (χ0) is 13.2. The molecule has 1 aromatic carbocycles. The van der Waals surface area contributed by atoms with Gasteiger partial charge in [-0.25, -0.2) is 0 Å². The van der Waals surface area contributed by atoms with E-state index in [1.54, 1.807) is 0 Å². The Hall–Kier alpha value is -1.35. The van der Waals surface area contributed by atoms with E-state index in [1.807, 2.05) is 32.0 Å². The lowest BCUT2D eigenvalue weighted by atomic mass is 9.93. The Labute approximate surface area is 109 Å².